The Hall–Kier alpha value is -2.37. The van der Waals surface area contributed by atoms with Crippen molar-refractivity contribution >= 4 is 11.6 Å². The molecule has 1 radical (unpaired) electrons. The van der Waals surface area contributed by atoms with E-state index in [1.807, 2.05) is 18.2 Å². The fourth-order valence-corrected chi connectivity index (χ4v) is 3.39. The van der Waals surface area contributed by atoms with Gasteiger partial charge in [0.05, 0.1) is 5.56 Å². The van der Waals surface area contributed by atoms with Crippen molar-refractivity contribution in [1.82, 2.24) is 0 Å². The molecule has 0 amide bonds. The largest absolute Gasteiger partial charge is 0.416 e. The summed E-state index contributed by atoms with van der Waals surface area (Å²) in [5.74, 6) is -0.895. The van der Waals surface area contributed by atoms with E-state index in [2.05, 4.69) is 0 Å². The number of benzene rings is 3. The molecule has 2 N–H and O–H groups in total. The predicted molar refractivity (Wildman–Crippen MR) is 107 cm³/mol. The quantitative estimate of drug-likeness (QED) is 0.450. The van der Waals surface area contributed by atoms with Gasteiger partial charge in [0.25, 0.3) is 0 Å². The van der Waals surface area contributed by atoms with Crippen LogP contribution in [-0.2, 0) is 19.0 Å². The van der Waals surface area contributed by atoms with Crippen LogP contribution in [0.1, 0.15) is 33.9 Å². The van der Waals surface area contributed by atoms with Crippen molar-refractivity contribution in [2.45, 2.75) is 25.1 Å². The minimum atomic E-state index is -4.67. The number of rotatable bonds is 6. The summed E-state index contributed by atoms with van der Waals surface area (Å²) in [7, 11) is 0. The molecule has 29 heavy (non-hydrogen) atoms. The summed E-state index contributed by atoms with van der Waals surface area (Å²) in [5.41, 5.74) is 6.29. The van der Waals surface area contributed by atoms with Crippen LogP contribution in [0.3, 0.4) is 0 Å². The maximum atomic E-state index is 15.1. The molecule has 0 heterocycles. The number of alkyl halides is 3. The molecule has 0 bridgehead atoms. The second-order valence-corrected chi connectivity index (χ2v) is 7.19. The van der Waals surface area contributed by atoms with Crippen molar-refractivity contribution in [3.63, 3.8) is 0 Å². The van der Waals surface area contributed by atoms with E-state index in [4.69, 9.17) is 17.3 Å². The van der Waals surface area contributed by atoms with Crippen LogP contribution in [0.15, 0.2) is 66.7 Å². The third kappa shape index (κ3) is 5.37. The third-order valence-electron chi connectivity index (χ3n) is 4.66. The monoisotopic (exact) mass is 420 g/mol. The van der Waals surface area contributed by atoms with Gasteiger partial charge in [-0.3, -0.25) is 0 Å². The van der Waals surface area contributed by atoms with E-state index >= 15 is 4.39 Å². The van der Waals surface area contributed by atoms with Gasteiger partial charge in [-0.25, -0.2) is 4.39 Å². The zero-order valence-electron chi connectivity index (χ0n) is 15.4. The Morgan fingerprint density at radius 1 is 0.966 bits per heavy atom. The zero-order chi connectivity index (χ0) is 21.0. The molecule has 3 aromatic carbocycles. The molecule has 1 atom stereocenters. The van der Waals surface area contributed by atoms with Gasteiger partial charge in [-0.2, -0.15) is 13.2 Å². The van der Waals surface area contributed by atoms with E-state index in [0.717, 1.165) is 17.7 Å². The molecule has 0 unspecified atom stereocenters. The molecule has 1 nitrogen and oxygen atoms in total. The van der Waals surface area contributed by atoms with Crippen molar-refractivity contribution in [1.29, 1.82) is 0 Å². The van der Waals surface area contributed by atoms with Crippen molar-refractivity contribution in [3.05, 3.63) is 112 Å². The van der Waals surface area contributed by atoms with Gasteiger partial charge in [-0.1, -0.05) is 60.1 Å². The van der Waals surface area contributed by atoms with Crippen LogP contribution >= 0.6 is 11.6 Å². The van der Waals surface area contributed by atoms with E-state index in [9.17, 15) is 13.2 Å². The highest BCUT2D eigenvalue weighted by Gasteiger charge is 2.35. The molecule has 0 aliphatic carbocycles. The van der Waals surface area contributed by atoms with Crippen LogP contribution in [0.25, 0.3) is 0 Å². The lowest BCUT2D eigenvalue weighted by Gasteiger charge is -2.18. The molecule has 0 saturated heterocycles. The first kappa shape index (κ1) is 21.3. The highest BCUT2D eigenvalue weighted by molar-refractivity contribution is 6.30. The molecular formula is C23H19ClF4N. The lowest BCUT2D eigenvalue weighted by atomic mass is 9.92. The van der Waals surface area contributed by atoms with Crippen molar-refractivity contribution in [2.75, 3.05) is 0 Å². The Morgan fingerprint density at radius 3 is 2.34 bits per heavy atom. The topological polar surface area (TPSA) is 26.0 Å². The molecule has 0 spiro atoms. The molecule has 0 fully saturated rings. The van der Waals surface area contributed by atoms with Gasteiger partial charge >= 0.3 is 6.18 Å². The molecule has 0 aromatic heterocycles. The van der Waals surface area contributed by atoms with Gasteiger partial charge in [0, 0.05) is 16.6 Å². The summed E-state index contributed by atoms with van der Waals surface area (Å²) in [5, 5.41) is 0.468. The average Bonchev–Trinajstić information content (AvgIpc) is 2.68. The Labute approximate surface area is 172 Å². The summed E-state index contributed by atoms with van der Waals surface area (Å²) >= 11 is 5.92. The minimum Gasteiger partial charge on any atom is -0.324 e. The normalized spacial score (nSPS) is 12.8. The van der Waals surface area contributed by atoms with E-state index in [1.54, 1.807) is 36.4 Å². The van der Waals surface area contributed by atoms with E-state index in [0.29, 0.717) is 10.6 Å². The molecule has 6 heteroatoms. The highest BCUT2D eigenvalue weighted by atomic mass is 35.5. The van der Waals surface area contributed by atoms with Crippen molar-refractivity contribution in [2.24, 2.45) is 5.73 Å². The molecule has 0 aliphatic heterocycles. The van der Waals surface area contributed by atoms with Gasteiger partial charge in [0.15, 0.2) is 0 Å². The number of nitrogens with two attached hydrogens (primary N) is 1. The standard InChI is InChI=1S/C23H19ClF4N/c24-18-8-4-5-15(13-18)9-11-19-20(23(26,27)28)12-10-17(22(19)25)14-21(29)16-6-2-1-3-7-16/h1-8,10-13,21H,9,14,29H2/t21-/m1/s1. The Morgan fingerprint density at radius 2 is 1.69 bits per heavy atom. The lowest BCUT2D eigenvalue weighted by molar-refractivity contribution is -0.138. The minimum absolute atomic E-state index is 0.0893. The summed E-state index contributed by atoms with van der Waals surface area (Å²) < 4.78 is 55.4. The maximum absolute atomic E-state index is 15.1. The van der Waals surface area contributed by atoms with Crippen molar-refractivity contribution in [3.8, 4) is 0 Å². The number of hydrogen-bond acceptors (Lipinski definition) is 1. The summed E-state index contributed by atoms with van der Waals surface area (Å²) in [6, 6.07) is 17.3. The molecule has 0 saturated carbocycles. The lowest BCUT2D eigenvalue weighted by Crippen LogP contribution is -2.17. The number of hydrogen-bond donors (Lipinski definition) is 1. The van der Waals surface area contributed by atoms with Gasteiger partial charge in [0.2, 0.25) is 0 Å². The fourth-order valence-electron chi connectivity index (χ4n) is 3.18. The van der Waals surface area contributed by atoms with Gasteiger partial charge < -0.3 is 5.73 Å². The Bertz CT molecular complexity index is 970. The first-order valence-corrected chi connectivity index (χ1v) is 9.40. The van der Waals surface area contributed by atoms with Gasteiger partial charge in [-0.05, 0) is 54.2 Å². The third-order valence-corrected chi connectivity index (χ3v) is 4.90. The fraction of sp³-hybridized carbons (Fsp3) is 0.174. The first-order chi connectivity index (χ1) is 13.8. The van der Waals surface area contributed by atoms with Crippen LogP contribution in [0, 0.1) is 12.2 Å². The SMILES string of the molecule is N[C@H](Cc1ccc(C(F)(F)F)c([CH]Cc2cccc(Cl)c2)c1F)c1ccccc1. The summed E-state index contributed by atoms with van der Waals surface area (Å²) in [6.45, 7) is 0. The molecule has 3 aromatic rings. The van der Waals surface area contributed by atoms with Gasteiger partial charge in [0.1, 0.15) is 5.82 Å². The first-order valence-electron chi connectivity index (χ1n) is 9.02. The van der Waals surface area contributed by atoms with Crippen LogP contribution in [0.5, 0.6) is 0 Å². The maximum Gasteiger partial charge on any atom is 0.416 e. The van der Waals surface area contributed by atoms with E-state index in [1.165, 1.54) is 6.42 Å². The predicted octanol–water partition coefficient (Wildman–Crippen LogP) is 6.54. The second-order valence-electron chi connectivity index (χ2n) is 6.76. The second kappa shape index (κ2) is 8.97. The zero-order valence-corrected chi connectivity index (χ0v) is 16.1. The van der Waals surface area contributed by atoms with Crippen LogP contribution < -0.4 is 5.73 Å². The summed E-state index contributed by atoms with van der Waals surface area (Å²) in [4.78, 5) is 0. The Balaban J connectivity index is 1.90. The Kier molecular flexibility index (Phi) is 6.60. The molecule has 0 aliphatic rings. The van der Waals surface area contributed by atoms with E-state index in [-0.39, 0.29) is 18.4 Å². The van der Waals surface area contributed by atoms with Crippen LogP contribution in [0.2, 0.25) is 5.02 Å². The highest BCUT2D eigenvalue weighted by Crippen LogP contribution is 2.36. The summed E-state index contributed by atoms with van der Waals surface area (Å²) in [6.07, 6.45) is -3.21. The van der Waals surface area contributed by atoms with E-state index < -0.39 is 29.2 Å². The van der Waals surface area contributed by atoms with Crippen molar-refractivity contribution < 1.29 is 17.6 Å². The van der Waals surface area contributed by atoms with Crippen LogP contribution in [-0.4, -0.2) is 0 Å². The smallest absolute Gasteiger partial charge is 0.324 e. The van der Waals surface area contributed by atoms with Crippen LogP contribution in [0.4, 0.5) is 17.6 Å². The average molecular weight is 421 g/mol. The molecular weight excluding hydrogens is 402 g/mol. The number of halogens is 5. The van der Waals surface area contributed by atoms with Gasteiger partial charge in [-0.15, -0.1) is 0 Å². The molecule has 151 valence electrons. The molecule has 3 rings (SSSR count).